The zero-order valence-electron chi connectivity index (χ0n) is 13.5. The number of rotatable bonds is 7. The molecule has 0 saturated carbocycles. The Morgan fingerprint density at radius 3 is 2.27 bits per heavy atom. The summed E-state index contributed by atoms with van der Waals surface area (Å²) in [4.78, 5) is 34.1. The van der Waals surface area contributed by atoms with Gasteiger partial charge in [-0.15, -0.1) is 0 Å². The molecule has 26 heavy (non-hydrogen) atoms. The molecule has 7 heteroatoms. The predicted octanol–water partition coefficient (Wildman–Crippen LogP) is 4.21. The fraction of sp³-hybridized carbons (Fsp3) is 0.0526. The van der Waals surface area contributed by atoms with Crippen molar-refractivity contribution in [2.24, 2.45) is 0 Å². The number of phenolic OH excluding ortho intramolecular Hbond substituents is 1. The van der Waals surface area contributed by atoms with Crippen molar-refractivity contribution in [3.05, 3.63) is 80.9 Å². The van der Waals surface area contributed by atoms with E-state index in [0.29, 0.717) is 10.6 Å². The number of phenols is 1. The van der Waals surface area contributed by atoms with Gasteiger partial charge < -0.3 is 5.11 Å². The minimum atomic E-state index is -0.577. The Bertz CT molecular complexity index is 901. The Kier molecular flexibility index (Phi) is 6.41. The summed E-state index contributed by atoms with van der Waals surface area (Å²) in [5, 5.41) is 20.4. The maximum absolute atomic E-state index is 11.9. The maximum atomic E-state index is 11.9. The molecule has 0 aromatic heterocycles. The van der Waals surface area contributed by atoms with Gasteiger partial charge in [0, 0.05) is 11.1 Å². The van der Waals surface area contributed by atoms with Crippen molar-refractivity contribution in [3.8, 4) is 5.75 Å². The number of ketones is 2. The summed E-state index contributed by atoms with van der Waals surface area (Å²) in [5.41, 5.74) is 0.702. The monoisotopic (exact) mass is 371 g/mol. The highest BCUT2D eigenvalue weighted by molar-refractivity contribution is 6.30. The van der Waals surface area contributed by atoms with Crippen LogP contribution in [0.2, 0.25) is 5.02 Å². The molecule has 2 aromatic rings. The van der Waals surface area contributed by atoms with E-state index in [9.17, 15) is 24.8 Å². The van der Waals surface area contributed by atoms with E-state index in [-0.39, 0.29) is 23.4 Å². The molecule has 0 amide bonds. The lowest BCUT2D eigenvalue weighted by atomic mass is 10.1. The molecule has 6 nitrogen and oxygen atoms in total. The number of benzene rings is 2. The van der Waals surface area contributed by atoms with Crippen LogP contribution < -0.4 is 0 Å². The fourth-order valence-corrected chi connectivity index (χ4v) is 2.25. The number of allylic oxidation sites excluding steroid dienone is 2. The first-order valence-corrected chi connectivity index (χ1v) is 7.88. The minimum absolute atomic E-state index is 0.115. The summed E-state index contributed by atoms with van der Waals surface area (Å²) in [6.45, 7) is 0. The number of nitro benzene ring substituents is 1. The predicted molar refractivity (Wildman–Crippen MR) is 98.9 cm³/mol. The number of hydrogen-bond acceptors (Lipinski definition) is 5. The lowest BCUT2D eigenvalue weighted by molar-refractivity contribution is -0.385. The van der Waals surface area contributed by atoms with Gasteiger partial charge in [0.2, 0.25) is 0 Å². The molecular formula is C19H14ClNO5. The quantitative estimate of drug-likeness (QED) is 0.340. The number of carbonyl (C=O) groups is 2. The summed E-state index contributed by atoms with van der Waals surface area (Å²) in [7, 11) is 0. The van der Waals surface area contributed by atoms with Crippen molar-refractivity contribution in [1.29, 1.82) is 0 Å². The minimum Gasteiger partial charge on any atom is -0.508 e. The molecule has 0 bridgehead atoms. The van der Waals surface area contributed by atoms with Gasteiger partial charge in [0.05, 0.1) is 16.9 Å². The van der Waals surface area contributed by atoms with Crippen LogP contribution in [0.1, 0.15) is 17.5 Å². The standard InChI is InChI=1S/C19H14ClNO5/c20-15-5-10-19(21(25)26)14(11-15)4-9-18(24)12-17(23)8-3-13-1-6-16(22)7-2-13/h1-11,22H,12H2/b8-3+,9-4+. The van der Waals surface area contributed by atoms with Crippen molar-refractivity contribution in [2.75, 3.05) is 0 Å². The molecule has 0 radical (unpaired) electrons. The number of carbonyl (C=O) groups excluding carboxylic acids is 2. The smallest absolute Gasteiger partial charge is 0.276 e. The molecule has 0 aliphatic heterocycles. The van der Waals surface area contributed by atoms with E-state index < -0.39 is 16.5 Å². The summed E-state index contributed by atoms with van der Waals surface area (Å²) in [6, 6.07) is 10.2. The third-order valence-electron chi connectivity index (χ3n) is 3.34. The van der Waals surface area contributed by atoms with Crippen LogP contribution in [0.15, 0.2) is 54.6 Å². The van der Waals surface area contributed by atoms with E-state index in [1.165, 1.54) is 48.6 Å². The van der Waals surface area contributed by atoms with Crippen LogP contribution in [-0.4, -0.2) is 21.6 Å². The first-order chi connectivity index (χ1) is 12.3. The number of aromatic hydroxyl groups is 1. The topological polar surface area (TPSA) is 97.5 Å². The van der Waals surface area contributed by atoms with Gasteiger partial charge in [0.25, 0.3) is 5.69 Å². The second kappa shape index (κ2) is 8.73. The van der Waals surface area contributed by atoms with Crippen LogP contribution in [0.25, 0.3) is 12.2 Å². The third-order valence-corrected chi connectivity index (χ3v) is 3.57. The SMILES string of the molecule is O=C(/C=C/c1ccc(O)cc1)CC(=O)/C=C/c1cc(Cl)ccc1[N+](=O)[O-]. The lowest BCUT2D eigenvalue weighted by Crippen LogP contribution is -2.02. The van der Waals surface area contributed by atoms with E-state index in [1.54, 1.807) is 12.1 Å². The molecule has 0 spiro atoms. The second-order valence-corrected chi connectivity index (χ2v) is 5.76. The summed E-state index contributed by atoms with van der Waals surface area (Å²) in [6.07, 6.45) is 4.81. The molecular weight excluding hydrogens is 358 g/mol. The average Bonchev–Trinajstić information content (AvgIpc) is 2.59. The van der Waals surface area contributed by atoms with Crippen molar-refractivity contribution in [2.45, 2.75) is 6.42 Å². The number of hydrogen-bond donors (Lipinski definition) is 1. The molecule has 0 unspecified atom stereocenters. The maximum Gasteiger partial charge on any atom is 0.276 e. The van der Waals surface area contributed by atoms with E-state index in [2.05, 4.69) is 0 Å². The average molecular weight is 372 g/mol. The summed E-state index contributed by atoms with van der Waals surface area (Å²) >= 11 is 5.81. The normalized spacial score (nSPS) is 11.1. The van der Waals surface area contributed by atoms with Crippen molar-refractivity contribution in [3.63, 3.8) is 0 Å². The zero-order chi connectivity index (χ0) is 19.1. The van der Waals surface area contributed by atoms with E-state index in [0.717, 1.165) is 6.08 Å². The van der Waals surface area contributed by atoms with Gasteiger partial charge in [-0.05, 0) is 48.1 Å². The van der Waals surface area contributed by atoms with E-state index >= 15 is 0 Å². The van der Waals surface area contributed by atoms with Gasteiger partial charge in [0.15, 0.2) is 11.6 Å². The van der Waals surface area contributed by atoms with Gasteiger partial charge in [-0.2, -0.15) is 0 Å². The Morgan fingerprint density at radius 1 is 1.04 bits per heavy atom. The molecule has 0 aliphatic carbocycles. The van der Waals surface area contributed by atoms with Crippen LogP contribution in [0.4, 0.5) is 5.69 Å². The van der Waals surface area contributed by atoms with E-state index in [1.807, 2.05) is 0 Å². The first kappa shape index (κ1) is 19.1. The Morgan fingerprint density at radius 2 is 1.65 bits per heavy atom. The Hall–Kier alpha value is -3.25. The molecule has 0 aliphatic rings. The van der Waals surface area contributed by atoms with Crippen LogP contribution >= 0.6 is 11.6 Å². The highest BCUT2D eigenvalue weighted by atomic mass is 35.5. The van der Waals surface area contributed by atoms with Crippen LogP contribution in [-0.2, 0) is 9.59 Å². The highest BCUT2D eigenvalue weighted by Crippen LogP contribution is 2.24. The molecule has 0 fully saturated rings. The number of halogens is 1. The van der Waals surface area contributed by atoms with Crippen molar-refractivity contribution in [1.82, 2.24) is 0 Å². The second-order valence-electron chi connectivity index (χ2n) is 5.33. The lowest BCUT2D eigenvalue weighted by Gasteiger charge is -1.98. The van der Waals surface area contributed by atoms with Gasteiger partial charge in [-0.1, -0.05) is 29.8 Å². The summed E-state index contributed by atoms with van der Waals surface area (Å²) < 4.78 is 0. The van der Waals surface area contributed by atoms with Gasteiger partial charge in [0.1, 0.15) is 5.75 Å². The Balaban J connectivity index is 2.01. The number of nitrogens with zero attached hydrogens (tertiary/aromatic N) is 1. The van der Waals surface area contributed by atoms with Crippen molar-refractivity contribution >= 4 is 41.0 Å². The fourth-order valence-electron chi connectivity index (χ4n) is 2.07. The molecule has 2 rings (SSSR count). The van der Waals surface area contributed by atoms with Crippen LogP contribution in [0, 0.1) is 10.1 Å². The van der Waals surface area contributed by atoms with Crippen LogP contribution in [0.3, 0.4) is 0 Å². The molecule has 0 heterocycles. The molecule has 0 saturated heterocycles. The Labute approximate surface area is 154 Å². The zero-order valence-corrected chi connectivity index (χ0v) is 14.2. The van der Waals surface area contributed by atoms with Crippen molar-refractivity contribution < 1.29 is 19.6 Å². The first-order valence-electron chi connectivity index (χ1n) is 7.50. The molecule has 132 valence electrons. The molecule has 0 atom stereocenters. The van der Waals surface area contributed by atoms with Gasteiger partial charge in [-0.25, -0.2) is 0 Å². The summed E-state index contributed by atoms with van der Waals surface area (Å²) in [5.74, 6) is -0.781. The molecule has 2 aromatic carbocycles. The third kappa shape index (κ3) is 5.68. The molecule has 1 N–H and O–H groups in total. The van der Waals surface area contributed by atoms with Crippen LogP contribution in [0.5, 0.6) is 5.75 Å². The van der Waals surface area contributed by atoms with Gasteiger partial charge >= 0.3 is 0 Å². The van der Waals surface area contributed by atoms with Gasteiger partial charge in [-0.3, -0.25) is 19.7 Å². The highest BCUT2D eigenvalue weighted by Gasteiger charge is 2.12. The van der Waals surface area contributed by atoms with E-state index in [4.69, 9.17) is 11.6 Å². The largest absolute Gasteiger partial charge is 0.508 e. The number of nitro groups is 1.